The Morgan fingerprint density at radius 3 is 2.39 bits per heavy atom. The van der Waals surface area contributed by atoms with Crippen LogP contribution in [0.2, 0.25) is 0 Å². The van der Waals surface area contributed by atoms with E-state index in [1.807, 2.05) is 0 Å². The van der Waals surface area contributed by atoms with Gasteiger partial charge in [-0.15, -0.1) is 0 Å². The van der Waals surface area contributed by atoms with Crippen LogP contribution in [-0.4, -0.2) is 39.0 Å². The Morgan fingerprint density at radius 2 is 1.78 bits per heavy atom. The summed E-state index contributed by atoms with van der Waals surface area (Å²) in [6.07, 6.45) is 10.0. The molecule has 0 aromatic rings. The summed E-state index contributed by atoms with van der Waals surface area (Å²) in [4.78, 5) is 0. The molecule has 3 nitrogen and oxygen atoms in total. The lowest BCUT2D eigenvalue weighted by molar-refractivity contribution is -0.0597. The predicted octanol–water partition coefficient (Wildman–Crippen LogP) is 3.13. The molecule has 0 aromatic carbocycles. The Balaban J connectivity index is 2.38. The molecule has 1 saturated carbocycles. The van der Waals surface area contributed by atoms with Crippen molar-refractivity contribution in [3.8, 4) is 0 Å². The Morgan fingerprint density at radius 1 is 1.06 bits per heavy atom. The molecule has 1 fully saturated rings. The van der Waals surface area contributed by atoms with Crippen LogP contribution in [0.15, 0.2) is 0 Å². The third kappa shape index (κ3) is 6.17. The summed E-state index contributed by atoms with van der Waals surface area (Å²) in [5, 5.41) is 3.56. The van der Waals surface area contributed by atoms with Gasteiger partial charge in [0.2, 0.25) is 0 Å². The minimum Gasteiger partial charge on any atom is -0.385 e. The molecule has 0 saturated heterocycles. The first kappa shape index (κ1) is 15.9. The first-order chi connectivity index (χ1) is 8.83. The Kier molecular flexibility index (Phi) is 8.64. The zero-order valence-electron chi connectivity index (χ0n) is 12.3. The summed E-state index contributed by atoms with van der Waals surface area (Å²) in [6.45, 7) is 5.98. The molecule has 0 unspecified atom stereocenters. The van der Waals surface area contributed by atoms with E-state index in [1.54, 1.807) is 7.11 Å². The third-order valence-electron chi connectivity index (χ3n) is 3.79. The van der Waals surface area contributed by atoms with Crippen LogP contribution >= 0.6 is 0 Å². The van der Waals surface area contributed by atoms with Gasteiger partial charge in [-0.05, 0) is 32.2 Å². The molecule has 0 amide bonds. The van der Waals surface area contributed by atoms with Crippen LogP contribution in [0.5, 0.6) is 0 Å². The van der Waals surface area contributed by atoms with Crippen molar-refractivity contribution in [3.63, 3.8) is 0 Å². The summed E-state index contributed by atoms with van der Waals surface area (Å²) in [5.41, 5.74) is 0.0966. The first-order valence-corrected chi connectivity index (χ1v) is 7.66. The Bertz CT molecular complexity index is 189. The van der Waals surface area contributed by atoms with Gasteiger partial charge in [-0.3, -0.25) is 0 Å². The Hall–Kier alpha value is -0.120. The molecule has 0 aliphatic heterocycles. The van der Waals surface area contributed by atoms with Crippen LogP contribution in [0.3, 0.4) is 0 Å². The van der Waals surface area contributed by atoms with Crippen molar-refractivity contribution in [1.29, 1.82) is 0 Å². The van der Waals surface area contributed by atoms with E-state index in [4.69, 9.17) is 9.47 Å². The van der Waals surface area contributed by atoms with E-state index in [9.17, 15) is 0 Å². The SMILES string of the molecule is CCCNCC1(OCCCOC)CCCCCC1. The molecule has 0 radical (unpaired) electrons. The fraction of sp³-hybridized carbons (Fsp3) is 1.00. The van der Waals surface area contributed by atoms with E-state index in [0.717, 1.165) is 32.7 Å². The van der Waals surface area contributed by atoms with Gasteiger partial charge in [0.15, 0.2) is 0 Å². The van der Waals surface area contributed by atoms with Gasteiger partial charge in [-0.25, -0.2) is 0 Å². The smallest absolute Gasteiger partial charge is 0.0806 e. The molecule has 1 aliphatic rings. The van der Waals surface area contributed by atoms with E-state index < -0.39 is 0 Å². The molecule has 108 valence electrons. The highest BCUT2D eigenvalue weighted by Gasteiger charge is 2.31. The maximum Gasteiger partial charge on any atom is 0.0806 e. The summed E-state index contributed by atoms with van der Waals surface area (Å²) in [7, 11) is 1.75. The fourth-order valence-electron chi connectivity index (χ4n) is 2.73. The van der Waals surface area contributed by atoms with Crippen molar-refractivity contribution in [1.82, 2.24) is 5.32 Å². The number of rotatable bonds is 9. The van der Waals surface area contributed by atoms with Gasteiger partial charge in [0.05, 0.1) is 5.60 Å². The number of nitrogens with one attached hydrogen (secondary N) is 1. The quantitative estimate of drug-likeness (QED) is 0.508. The van der Waals surface area contributed by atoms with Crippen LogP contribution in [0, 0.1) is 0 Å². The highest BCUT2D eigenvalue weighted by atomic mass is 16.5. The van der Waals surface area contributed by atoms with Crippen LogP contribution in [0.4, 0.5) is 0 Å². The molecule has 0 spiro atoms. The zero-order valence-corrected chi connectivity index (χ0v) is 12.3. The normalized spacial score (nSPS) is 19.7. The van der Waals surface area contributed by atoms with Crippen molar-refractivity contribution >= 4 is 0 Å². The number of ether oxygens (including phenoxy) is 2. The topological polar surface area (TPSA) is 30.5 Å². The van der Waals surface area contributed by atoms with Crippen molar-refractivity contribution in [3.05, 3.63) is 0 Å². The van der Waals surface area contributed by atoms with E-state index in [0.29, 0.717) is 0 Å². The number of hydrogen-bond acceptors (Lipinski definition) is 3. The zero-order chi connectivity index (χ0) is 13.1. The van der Waals surface area contributed by atoms with E-state index in [1.165, 1.54) is 44.9 Å². The molecular weight excluding hydrogens is 226 g/mol. The van der Waals surface area contributed by atoms with Crippen molar-refractivity contribution < 1.29 is 9.47 Å². The monoisotopic (exact) mass is 257 g/mol. The van der Waals surface area contributed by atoms with Gasteiger partial charge >= 0.3 is 0 Å². The fourth-order valence-corrected chi connectivity index (χ4v) is 2.73. The summed E-state index contributed by atoms with van der Waals surface area (Å²) in [5.74, 6) is 0. The lowest BCUT2D eigenvalue weighted by Gasteiger charge is -2.33. The molecule has 1 rings (SSSR count). The lowest BCUT2D eigenvalue weighted by Crippen LogP contribution is -2.43. The van der Waals surface area contributed by atoms with Gasteiger partial charge in [0, 0.05) is 26.9 Å². The maximum atomic E-state index is 6.26. The van der Waals surface area contributed by atoms with Crippen LogP contribution in [0.25, 0.3) is 0 Å². The number of hydrogen-bond donors (Lipinski definition) is 1. The van der Waals surface area contributed by atoms with Gasteiger partial charge in [0.1, 0.15) is 0 Å². The highest BCUT2D eigenvalue weighted by molar-refractivity contribution is 4.85. The largest absolute Gasteiger partial charge is 0.385 e. The molecule has 0 bridgehead atoms. The molecular formula is C15H31NO2. The highest BCUT2D eigenvalue weighted by Crippen LogP contribution is 2.30. The van der Waals surface area contributed by atoms with Crippen molar-refractivity contribution in [2.45, 2.75) is 63.9 Å². The van der Waals surface area contributed by atoms with Crippen molar-refractivity contribution in [2.75, 3.05) is 33.4 Å². The minimum atomic E-state index is 0.0966. The van der Waals surface area contributed by atoms with Gasteiger partial charge in [-0.1, -0.05) is 32.6 Å². The standard InChI is InChI=1S/C15H31NO2/c1-3-11-16-14-15(18-13-8-12-17-2)9-6-4-5-7-10-15/h16H,3-14H2,1-2H3. The second-order valence-electron chi connectivity index (χ2n) is 5.47. The number of methoxy groups -OCH3 is 1. The Labute approximate surface area is 113 Å². The average Bonchev–Trinajstić information content (AvgIpc) is 2.62. The van der Waals surface area contributed by atoms with Crippen molar-refractivity contribution in [2.24, 2.45) is 0 Å². The summed E-state index contributed by atoms with van der Waals surface area (Å²) < 4.78 is 11.3. The molecule has 0 atom stereocenters. The molecule has 3 heteroatoms. The third-order valence-corrected chi connectivity index (χ3v) is 3.79. The van der Waals surface area contributed by atoms with Gasteiger partial charge in [0.25, 0.3) is 0 Å². The summed E-state index contributed by atoms with van der Waals surface area (Å²) >= 11 is 0. The molecule has 1 N–H and O–H groups in total. The molecule has 1 aliphatic carbocycles. The van der Waals surface area contributed by atoms with Crippen LogP contribution < -0.4 is 5.32 Å². The second-order valence-corrected chi connectivity index (χ2v) is 5.47. The van der Waals surface area contributed by atoms with Gasteiger partial charge < -0.3 is 14.8 Å². The first-order valence-electron chi connectivity index (χ1n) is 7.66. The lowest BCUT2D eigenvalue weighted by atomic mass is 9.94. The molecule has 0 aromatic heterocycles. The van der Waals surface area contributed by atoms with Crippen LogP contribution in [0.1, 0.15) is 58.3 Å². The van der Waals surface area contributed by atoms with Gasteiger partial charge in [-0.2, -0.15) is 0 Å². The molecule has 0 heterocycles. The second kappa shape index (κ2) is 9.76. The predicted molar refractivity (Wildman–Crippen MR) is 76.0 cm³/mol. The average molecular weight is 257 g/mol. The van der Waals surface area contributed by atoms with E-state index in [2.05, 4.69) is 12.2 Å². The minimum absolute atomic E-state index is 0.0966. The van der Waals surface area contributed by atoms with E-state index in [-0.39, 0.29) is 5.60 Å². The maximum absolute atomic E-state index is 6.26. The summed E-state index contributed by atoms with van der Waals surface area (Å²) in [6, 6.07) is 0. The van der Waals surface area contributed by atoms with E-state index >= 15 is 0 Å². The van der Waals surface area contributed by atoms with Crippen LogP contribution in [-0.2, 0) is 9.47 Å². The molecule has 18 heavy (non-hydrogen) atoms.